The van der Waals surface area contributed by atoms with Crippen molar-refractivity contribution < 1.29 is 14.6 Å². The highest BCUT2D eigenvalue weighted by atomic mass is 16.5. The average Bonchev–Trinajstić information content (AvgIpc) is 2.77. The SMILES string of the molecule is CCCCCCCCCCCCCCCCCCC(C)(C)C(Oc1ccccc1)C(=O)O. The maximum atomic E-state index is 11.8. The Morgan fingerprint density at radius 3 is 1.56 bits per heavy atom. The monoisotopic (exact) mass is 446 g/mol. The first-order chi connectivity index (χ1) is 15.5. The molecule has 1 rings (SSSR count). The molecule has 0 aromatic heterocycles. The first-order valence-electron chi connectivity index (χ1n) is 13.4. The maximum absolute atomic E-state index is 11.8. The molecule has 0 fully saturated rings. The van der Waals surface area contributed by atoms with Crippen LogP contribution in [0.4, 0.5) is 0 Å². The van der Waals surface area contributed by atoms with Crippen molar-refractivity contribution in [2.24, 2.45) is 5.41 Å². The van der Waals surface area contributed by atoms with Gasteiger partial charge in [-0.2, -0.15) is 0 Å². The van der Waals surface area contributed by atoms with Gasteiger partial charge in [0.25, 0.3) is 0 Å². The first kappa shape index (κ1) is 28.5. The molecule has 0 saturated carbocycles. The van der Waals surface area contributed by atoms with Gasteiger partial charge >= 0.3 is 5.97 Å². The summed E-state index contributed by atoms with van der Waals surface area (Å²) >= 11 is 0. The second kappa shape index (κ2) is 18.0. The minimum Gasteiger partial charge on any atom is -0.478 e. The van der Waals surface area contributed by atoms with Crippen LogP contribution in [0.25, 0.3) is 0 Å². The molecule has 184 valence electrons. The number of para-hydroxylation sites is 1. The molecule has 1 aromatic rings. The molecule has 0 aliphatic heterocycles. The van der Waals surface area contributed by atoms with Crippen molar-refractivity contribution in [3.63, 3.8) is 0 Å². The number of unbranched alkanes of at least 4 members (excludes halogenated alkanes) is 15. The molecule has 0 spiro atoms. The van der Waals surface area contributed by atoms with E-state index in [-0.39, 0.29) is 0 Å². The Bertz CT molecular complexity index is 567. The fourth-order valence-corrected chi connectivity index (χ4v) is 4.44. The zero-order chi connectivity index (χ0) is 23.5. The Hall–Kier alpha value is -1.51. The molecule has 0 amide bonds. The molecular formula is C29H50O3. The number of ether oxygens (including phenoxy) is 1. The lowest BCUT2D eigenvalue weighted by Crippen LogP contribution is -2.41. The standard InChI is InChI=1S/C29H50O3/c1-4-5-6-7-8-9-10-11-12-13-14-15-16-17-18-22-25-29(2,3)27(28(30)31)32-26-23-20-19-21-24-26/h19-21,23-24,27H,4-18,22,25H2,1-3H3,(H,30,31). The summed E-state index contributed by atoms with van der Waals surface area (Å²) < 4.78 is 5.82. The van der Waals surface area contributed by atoms with Crippen LogP contribution in [0.15, 0.2) is 30.3 Å². The summed E-state index contributed by atoms with van der Waals surface area (Å²) in [6, 6.07) is 9.29. The molecule has 0 aliphatic carbocycles. The van der Waals surface area contributed by atoms with Gasteiger partial charge < -0.3 is 9.84 Å². The van der Waals surface area contributed by atoms with Crippen LogP contribution in [0, 0.1) is 5.41 Å². The lowest BCUT2D eigenvalue weighted by Gasteiger charge is -2.31. The lowest BCUT2D eigenvalue weighted by molar-refractivity contribution is -0.151. The summed E-state index contributed by atoms with van der Waals surface area (Å²) in [5.41, 5.74) is -0.391. The number of hydrogen-bond donors (Lipinski definition) is 1. The van der Waals surface area contributed by atoms with Crippen LogP contribution in [0.1, 0.15) is 130 Å². The van der Waals surface area contributed by atoms with Crippen molar-refractivity contribution in [3.8, 4) is 5.75 Å². The molecule has 3 heteroatoms. The summed E-state index contributed by atoms with van der Waals surface area (Å²) in [5.74, 6) is -0.254. The van der Waals surface area contributed by atoms with Gasteiger partial charge in [-0.05, 0) is 18.6 Å². The van der Waals surface area contributed by atoms with Gasteiger partial charge in [0.15, 0.2) is 0 Å². The van der Waals surface area contributed by atoms with Gasteiger partial charge in [-0.1, -0.05) is 142 Å². The number of carbonyl (C=O) groups is 1. The van der Waals surface area contributed by atoms with Crippen molar-refractivity contribution in [1.82, 2.24) is 0 Å². The average molecular weight is 447 g/mol. The summed E-state index contributed by atoms with van der Waals surface area (Å²) in [6.07, 6.45) is 21.7. The normalized spacial score (nSPS) is 12.6. The predicted molar refractivity (Wildman–Crippen MR) is 136 cm³/mol. The zero-order valence-electron chi connectivity index (χ0n) is 21.2. The number of rotatable bonds is 21. The Morgan fingerprint density at radius 1 is 0.750 bits per heavy atom. The van der Waals surface area contributed by atoms with E-state index in [1.165, 1.54) is 96.3 Å². The summed E-state index contributed by atoms with van der Waals surface area (Å²) in [4.78, 5) is 11.8. The van der Waals surface area contributed by atoms with Crippen molar-refractivity contribution in [3.05, 3.63) is 30.3 Å². The molecule has 0 heterocycles. The van der Waals surface area contributed by atoms with Crippen LogP contribution < -0.4 is 4.74 Å². The highest BCUT2D eigenvalue weighted by molar-refractivity contribution is 5.73. The van der Waals surface area contributed by atoms with Crippen molar-refractivity contribution in [1.29, 1.82) is 0 Å². The van der Waals surface area contributed by atoms with Crippen molar-refractivity contribution in [2.45, 2.75) is 136 Å². The molecule has 1 unspecified atom stereocenters. The minimum absolute atomic E-state index is 0.391. The molecule has 0 saturated heterocycles. The molecule has 0 radical (unpaired) electrons. The molecule has 1 N–H and O–H groups in total. The molecule has 32 heavy (non-hydrogen) atoms. The fourth-order valence-electron chi connectivity index (χ4n) is 4.44. The van der Waals surface area contributed by atoms with Crippen LogP contribution in [0.5, 0.6) is 5.75 Å². The largest absolute Gasteiger partial charge is 0.478 e. The number of aliphatic carboxylic acids is 1. The van der Waals surface area contributed by atoms with Crippen LogP contribution in [0.2, 0.25) is 0 Å². The highest BCUT2D eigenvalue weighted by Gasteiger charge is 2.36. The first-order valence-corrected chi connectivity index (χ1v) is 13.4. The topological polar surface area (TPSA) is 46.5 Å². The predicted octanol–water partition coefficient (Wildman–Crippen LogP) is 9.20. The molecular weight excluding hydrogens is 396 g/mol. The number of carboxylic acids is 1. The van der Waals surface area contributed by atoms with Gasteiger partial charge in [0.1, 0.15) is 5.75 Å². The van der Waals surface area contributed by atoms with Crippen LogP contribution in [-0.4, -0.2) is 17.2 Å². The minimum atomic E-state index is -0.879. The van der Waals surface area contributed by atoms with E-state index in [1.54, 1.807) is 0 Å². The van der Waals surface area contributed by atoms with Gasteiger partial charge in [0, 0.05) is 5.41 Å². The second-order valence-corrected chi connectivity index (χ2v) is 10.2. The smallest absolute Gasteiger partial charge is 0.345 e. The lowest BCUT2D eigenvalue weighted by atomic mass is 9.81. The van der Waals surface area contributed by atoms with E-state index >= 15 is 0 Å². The van der Waals surface area contributed by atoms with E-state index in [9.17, 15) is 9.90 Å². The highest BCUT2D eigenvalue weighted by Crippen LogP contribution is 2.31. The summed E-state index contributed by atoms with van der Waals surface area (Å²) in [6.45, 7) is 6.31. The van der Waals surface area contributed by atoms with Gasteiger partial charge in [-0.25, -0.2) is 4.79 Å². The van der Waals surface area contributed by atoms with Crippen LogP contribution in [0.3, 0.4) is 0 Å². The molecule has 1 atom stereocenters. The summed E-state index contributed by atoms with van der Waals surface area (Å²) in [5, 5.41) is 9.68. The molecule has 3 nitrogen and oxygen atoms in total. The van der Waals surface area contributed by atoms with E-state index in [2.05, 4.69) is 6.92 Å². The van der Waals surface area contributed by atoms with Crippen molar-refractivity contribution >= 4 is 5.97 Å². The number of carboxylic acid groups (broad SMARTS) is 1. The van der Waals surface area contributed by atoms with Gasteiger partial charge in [-0.15, -0.1) is 0 Å². The summed E-state index contributed by atoms with van der Waals surface area (Å²) in [7, 11) is 0. The quantitative estimate of drug-likeness (QED) is 0.191. The maximum Gasteiger partial charge on any atom is 0.345 e. The molecule has 0 aliphatic rings. The molecule has 1 aromatic carbocycles. The Kier molecular flexibility index (Phi) is 16.0. The Labute approximate surface area is 198 Å². The number of hydrogen-bond acceptors (Lipinski definition) is 2. The van der Waals surface area contributed by atoms with Gasteiger partial charge in [0.2, 0.25) is 6.10 Å². The van der Waals surface area contributed by atoms with Gasteiger partial charge in [0.05, 0.1) is 0 Å². The zero-order valence-corrected chi connectivity index (χ0v) is 21.2. The third-order valence-corrected chi connectivity index (χ3v) is 6.61. The van der Waals surface area contributed by atoms with Crippen LogP contribution >= 0.6 is 0 Å². The Balaban J connectivity index is 2.02. The van der Waals surface area contributed by atoms with E-state index in [1.807, 2.05) is 44.2 Å². The molecule has 0 bridgehead atoms. The number of benzene rings is 1. The van der Waals surface area contributed by atoms with E-state index in [0.29, 0.717) is 5.75 Å². The van der Waals surface area contributed by atoms with E-state index in [4.69, 9.17) is 4.74 Å². The Morgan fingerprint density at radius 2 is 1.16 bits per heavy atom. The van der Waals surface area contributed by atoms with E-state index in [0.717, 1.165) is 12.8 Å². The second-order valence-electron chi connectivity index (χ2n) is 10.2. The van der Waals surface area contributed by atoms with Crippen LogP contribution in [-0.2, 0) is 4.79 Å². The third-order valence-electron chi connectivity index (χ3n) is 6.61. The van der Waals surface area contributed by atoms with Crippen molar-refractivity contribution in [2.75, 3.05) is 0 Å². The fraction of sp³-hybridized carbons (Fsp3) is 0.759. The third kappa shape index (κ3) is 13.8. The van der Waals surface area contributed by atoms with Gasteiger partial charge in [-0.3, -0.25) is 0 Å². The van der Waals surface area contributed by atoms with E-state index < -0.39 is 17.5 Å².